The summed E-state index contributed by atoms with van der Waals surface area (Å²) in [6, 6.07) is 6.14. The summed E-state index contributed by atoms with van der Waals surface area (Å²) < 4.78 is 22.3. The van der Waals surface area contributed by atoms with Crippen molar-refractivity contribution in [3.63, 3.8) is 0 Å². The quantitative estimate of drug-likeness (QED) is 0.745. The normalized spacial score (nSPS) is 15.2. The fourth-order valence-electron chi connectivity index (χ4n) is 2.17. The van der Waals surface area contributed by atoms with E-state index in [9.17, 15) is 0 Å². The van der Waals surface area contributed by atoms with Crippen molar-refractivity contribution in [1.29, 1.82) is 0 Å². The van der Waals surface area contributed by atoms with Crippen LogP contribution < -0.4 is 14.8 Å². The van der Waals surface area contributed by atoms with Gasteiger partial charge in [-0.05, 0) is 38.6 Å². The predicted octanol–water partition coefficient (Wildman–Crippen LogP) is 2.16. The summed E-state index contributed by atoms with van der Waals surface area (Å²) in [6.45, 7) is 7.06. The molecule has 0 bridgehead atoms. The summed E-state index contributed by atoms with van der Waals surface area (Å²) in [6.07, 6.45) is 0.242. The summed E-state index contributed by atoms with van der Waals surface area (Å²) in [5, 5.41) is 3.26. The average molecular weight is 295 g/mol. The van der Waals surface area contributed by atoms with E-state index in [2.05, 4.69) is 5.32 Å². The van der Waals surface area contributed by atoms with Gasteiger partial charge in [-0.3, -0.25) is 0 Å². The van der Waals surface area contributed by atoms with Crippen LogP contribution in [0.15, 0.2) is 18.2 Å². The van der Waals surface area contributed by atoms with Crippen LogP contribution in [0.5, 0.6) is 11.5 Å². The molecule has 1 unspecified atom stereocenters. The van der Waals surface area contributed by atoms with E-state index in [1.165, 1.54) is 0 Å². The molecule has 21 heavy (non-hydrogen) atoms. The van der Waals surface area contributed by atoms with Gasteiger partial charge in [-0.25, -0.2) is 0 Å². The number of fused-ring (bicyclic) bond motifs is 1. The Kier molecular flexibility index (Phi) is 6.29. The molecule has 5 heteroatoms. The molecule has 1 aliphatic heterocycles. The van der Waals surface area contributed by atoms with Gasteiger partial charge in [0.25, 0.3) is 0 Å². The third-order valence-corrected chi connectivity index (χ3v) is 3.28. The van der Waals surface area contributed by atoms with Crippen LogP contribution in [-0.4, -0.2) is 46.2 Å². The summed E-state index contributed by atoms with van der Waals surface area (Å²) >= 11 is 0. The third-order valence-electron chi connectivity index (χ3n) is 3.28. The summed E-state index contributed by atoms with van der Waals surface area (Å²) in [4.78, 5) is 0. The molecule has 0 saturated carbocycles. The van der Waals surface area contributed by atoms with E-state index >= 15 is 0 Å². The Balaban J connectivity index is 1.85. The number of likely N-dealkylation sites (N-methyl/N-ethyl adjacent to an activating group) is 1. The first-order valence-electron chi connectivity index (χ1n) is 7.47. The summed E-state index contributed by atoms with van der Waals surface area (Å²) in [7, 11) is 1.93. The smallest absolute Gasteiger partial charge is 0.161 e. The van der Waals surface area contributed by atoms with E-state index in [1.54, 1.807) is 0 Å². The number of nitrogens with one attached hydrogen (secondary N) is 1. The lowest BCUT2D eigenvalue weighted by molar-refractivity contribution is 0.0141. The second kappa shape index (κ2) is 8.22. The van der Waals surface area contributed by atoms with Crippen molar-refractivity contribution >= 4 is 0 Å². The lowest BCUT2D eigenvalue weighted by Crippen LogP contribution is -2.23. The molecule has 1 atom stereocenters. The Morgan fingerprint density at radius 1 is 1.14 bits per heavy atom. The Morgan fingerprint density at radius 3 is 2.62 bits per heavy atom. The van der Waals surface area contributed by atoms with Gasteiger partial charge in [0.15, 0.2) is 11.5 Å². The molecule has 118 valence electrons. The van der Waals surface area contributed by atoms with Crippen molar-refractivity contribution in [3.05, 3.63) is 23.8 Å². The number of hydrogen-bond acceptors (Lipinski definition) is 5. The molecule has 1 N–H and O–H groups in total. The molecule has 2 rings (SSSR count). The zero-order valence-corrected chi connectivity index (χ0v) is 13.1. The largest absolute Gasteiger partial charge is 0.486 e. The van der Waals surface area contributed by atoms with E-state index in [4.69, 9.17) is 18.9 Å². The Labute approximate surface area is 126 Å². The zero-order chi connectivity index (χ0) is 15.1. The van der Waals surface area contributed by atoms with Gasteiger partial charge in [0, 0.05) is 0 Å². The first kappa shape index (κ1) is 16.1. The Morgan fingerprint density at radius 2 is 1.90 bits per heavy atom. The van der Waals surface area contributed by atoms with Gasteiger partial charge < -0.3 is 24.3 Å². The molecule has 0 spiro atoms. The highest BCUT2D eigenvalue weighted by Crippen LogP contribution is 2.32. The molecular weight excluding hydrogens is 270 g/mol. The van der Waals surface area contributed by atoms with Crippen LogP contribution in [0.4, 0.5) is 0 Å². The molecule has 1 aliphatic rings. The molecule has 0 aromatic heterocycles. The van der Waals surface area contributed by atoms with E-state index in [0.29, 0.717) is 33.0 Å². The molecule has 5 nitrogen and oxygen atoms in total. The number of hydrogen-bond donors (Lipinski definition) is 1. The van der Waals surface area contributed by atoms with Gasteiger partial charge in [-0.1, -0.05) is 6.07 Å². The fraction of sp³-hybridized carbons (Fsp3) is 0.625. The monoisotopic (exact) mass is 295 g/mol. The molecular formula is C16H25NO4. The minimum atomic E-state index is 0.125. The third kappa shape index (κ3) is 4.88. The Hall–Kier alpha value is -1.30. The second-order valence-electron chi connectivity index (χ2n) is 5.24. The minimum absolute atomic E-state index is 0.125. The maximum atomic E-state index is 5.68. The van der Waals surface area contributed by atoms with Crippen LogP contribution in [0.25, 0.3) is 0 Å². The zero-order valence-electron chi connectivity index (χ0n) is 13.1. The fourth-order valence-corrected chi connectivity index (χ4v) is 2.17. The van der Waals surface area contributed by atoms with E-state index in [1.807, 2.05) is 39.1 Å². The highest BCUT2D eigenvalue weighted by atomic mass is 16.6. The van der Waals surface area contributed by atoms with E-state index in [0.717, 1.165) is 17.1 Å². The summed E-state index contributed by atoms with van der Waals surface area (Å²) in [5.41, 5.74) is 1.13. The van der Waals surface area contributed by atoms with Crippen molar-refractivity contribution in [2.75, 3.05) is 40.1 Å². The predicted molar refractivity (Wildman–Crippen MR) is 81.1 cm³/mol. The lowest BCUT2D eigenvalue weighted by atomic mass is 10.1. The summed E-state index contributed by atoms with van der Waals surface area (Å²) in [5.74, 6) is 1.62. The van der Waals surface area contributed by atoms with Crippen molar-refractivity contribution in [2.24, 2.45) is 0 Å². The second-order valence-corrected chi connectivity index (χ2v) is 5.24. The lowest BCUT2D eigenvalue weighted by Gasteiger charge is -2.22. The molecule has 1 heterocycles. The molecule has 0 saturated heterocycles. The highest BCUT2D eigenvalue weighted by Gasteiger charge is 2.16. The van der Waals surface area contributed by atoms with E-state index in [-0.39, 0.29) is 12.1 Å². The van der Waals surface area contributed by atoms with Crippen LogP contribution in [0.1, 0.15) is 25.5 Å². The molecule has 0 aliphatic carbocycles. The first-order valence-corrected chi connectivity index (χ1v) is 7.47. The number of benzene rings is 1. The number of rotatable bonds is 8. The van der Waals surface area contributed by atoms with Crippen molar-refractivity contribution < 1.29 is 18.9 Å². The maximum Gasteiger partial charge on any atom is 0.161 e. The molecule has 0 radical (unpaired) electrons. The van der Waals surface area contributed by atoms with Crippen LogP contribution >= 0.6 is 0 Å². The average Bonchev–Trinajstić information content (AvgIpc) is 2.50. The number of ether oxygens (including phenoxy) is 4. The van der Waals surface area contributed by atoms with Crippen molar-refractivity contribution in [1.82, 2.24) is 5.32 Å². The maximum absolute atomic E-state index is 5.68. The van der Waals surface area contributed by atoms with Crippen LogP contribution in [-0.2, 0) is 9.47 Å². The molecule has 1 aromatic rings. The topological polar surface area (TPSA) is 49.0 Å². The van der Waals surface area contributed by atoms with Crippen LogP contribution in [0.2, 0.25) is 0 Å². The van der Waals surface area contributed by atoms with Crippen LogP contribution in [0, 0.1) is 0 Å². The first-order chi connectivity index (χ1) is 10.2. The van der Waals surface area contributed by atoms with Gasteiger partial charge in [-0.2, -0.15) is 0 Å². The SMILES string of the molecule is CNC(COCCOC(C)C)c1ccc2c(c1)OCCO2. The molecule has 1 aromatic carbocycles. The molecule has 0 amide bonds. The van der Waals surface area contributed by atoms with Gasteiger partial charge in [-0.15, -0.1) is 0 Å². The highest BCUT2D eigenvalue weighted by molar-refractivity contribution is 5.44. The van der Waals surface area contributed by atoms with Gasteiger partial charge >= 0.3 is 0 Å². The van der Waals surface area contributed by atoms with Crippen molar-refractivity contribution in [2.45, 2.75) is 26.0 Å². The standard InChI is InChI=1S/C16H25NO4/c1-12(2)19-7-6-18-11-14(17-3)13-4-5-15-16(10-13)21-9-8-20-15/h4-5,10,12,14,17H,6-9,11H2,1-3H3. The van der Waals surface area contributed by atoms with Gasteiger partial charge in [0.05, 0.1) is 32.0 Å². The van der Waals surface area contributed by atoms with E-state index < -0.39 is 0 Å². The Bertz CT molecular complexity index is 436. The van der Waals surface area contributed by atoms with Gasteiger partial charge in [0.2, 0.25) is 0 Å². The van der Waals surface area contributed by atoms with Crippen molar-refractivity contribution in [3.8, 4) is 11.5 Å². The van der Waals surface area contributed by atoms with Crippen LogP contribution in [0.3, 0.4) is 0 Å². The van der Waals surface area contributed by atoms with Gasteiger partial charge in [0.1, 0.15) is 13.2 Å². The molecule has 0 fully saturated rings. The minimum Gasteiger partial charge on any atom is -0.486 e.